The molecule has 32 heavy (non-hydrogen) atoms. The Kier molecular flexibility index (Phi) is 5.40. The Morgan fingerprint density at radius 3 is 2.34 bits per heavy atom. The van der Waals surface area contributed by atoms with Crippen LogP contribution in [0.4, 0.5) is 10.1 Å². The number of rotatable bonds is 4. The summed E-state index contributed by atoms with van der Waals surface area (Å²) in [6, 6.07) is 16.3. The Morgan fingerprint density at radius 1 is 1.03 bits per heavy atom. The average molecular weight is 473 g/mol. The van der Waals surface area contributed by atoms with Crippen molar-refractivity contribution in [3.8, 4) is 22.9 Å². The summed E-state index contributed by atoms with van der Waals surface area (Å²) >= 11 is 0. The summed E-state index contributed by atoms with van der Waals surface area (Å²) in [5.74, 6) is -1.34. The predicted molar refractivity (Wildman–Crippen MR) is 116 cm³/mol. The maximum atomic E-state index is 14.2. The molecule has 7 nitrogen and oxygen atoms in total. The lowest BCUT2D eigenvalue weighted by atomic mass is 10.0. The summed E-state index contributed by atoms with van der Waals surface area (Å²) in [5.41, 5.74) is 1.71. The lowest BCUT2D eigenvalue weighted by Gasteiger charge is -2.30. The Bertz CT molecular complexity index is 1460. The molecular weight excluding hydrogens is 455 g/mol. The third-order valence-corrected chi connectivity index (χ3v) is 8.73. The van der Waals surface area contributed by atoms with Crippen molar-refractivity contribution in [3.63, 3.8) is 0 Å². The molecule has 3 aromatic carbocycles. The number of hydrogen-bond acceptors (Lipinski definition) is 6. The second kappa shape index (κ2) is 7.93. The molecule has 1 aliphatic rings. The van der Waals surface area contributed by atoms with Gasteiger partial charge in [0, 0.05) is 6.54 Å². The van der Waals surface area contributed by atoms with E-state index in [1.54, 1.807) is 30.3 Å². The summed E-state index contributed by atoms with van der Waals surface area (Å²) in [6.45, 7) is -0.303. The minimum Gasteiger partial charge on any atom is -0.494 e. The van der Waals surface area contributed by atoms with Crippen molar-refractivity contribution in [1.29, 1.82) is 5.26 Å². The van der Waals surface area contributed by atoms with Gasteiger partial charge < -0.3 is 4.74 Å². The van der Waals surface area contributed by atoms with E-state index in [9.17, 15) is 21.2 Å². The van der Waals surface area contributed by atoms with Gasteiger partial charge in [0.1, 0.15) is 0 Å². The van der Waals surface area contributed by atoms with Gasteiger partial charge in [-0.1, -0.05) is 18.2 Å². The molecule has 0 unspecified atom stereocenters. The largest absolute Gasteiger partial charge is 0.494 e. The molecule has 164 valence electrons. The third-order valence-electron chi connectivity index (χ3n) is 5.18. The highest BCUT2D eigenvalue weighted by Gasteiger charge is 2.36. The summed E-state index contributed by atoms with van der Waals surface area (Å²) < 4.78 is 71.9. The van der Waals surface area contributed by atoms with Gasteiger partial charge in [-0.05, 0) is 53.6 Å². The van der Waals surface area contributed by atoms with Gasteiger partial charge in [0.2, 0.25) is 0 Å². The highest BCUT2D eigenvalue weighted by molar-refractivity contribution is 7.94. The van der Waals surface area contributed by atoms with E-state index in [4.69, 9.17) is 10.00 Å². The van der Waals surface area contributed by atoms with E-state index in [-0.39, 0.29) is 27.8 Å². The van der Waals surface area contributed by atoms with Gasteiger partial charge in [0.05, 0.1) is 40.0 Å². The van der Waals surface area contributed by atoms with Gasteiger partial charge in [0.25, 0.3) is 10.0 Å². The van der Waals surface area contributed by atoms with Crippen molar-refractivity contribution in [2.45, 2.75) is 9.79 Å². The first-order valence-electron chi connectivity index (χ1n) is 9.41. The number of ether oxygens (including phenoxy) is 1. The molecule has 0 fully saturated rings. The van der Waals surface area contributed by atoms with Crippen LogP contribution in [0.2, 0.25) is 0 Å². The van der Waals surface area contributed by atoms with Crippen molar-refractivity contribution in [2.24, 2.45) is 0 Å². The monoisotopic (exact) mass is 472 g/mol. The van der Waals surface area contributed by atoms with Crippen LogP contribution >= 0.6 is 0 Å². The number of nitrogens with zero attached hydrogens (tertiary/aromatic N) is 2. The fourth-order valence-corrected chi connectivity index (χ4v) is 6.58. The Hall–Kier alpha value is -3.42. The molecule has 1 aliphatic heterocycles. The summed E-state index contributed by atoms with van der Waals surface area (Å²) in [7, 11) is -6.67. The second-order valence-corrected chi connectivity index (χ2v) is 11.0. The van der Waals surface area contributed by atoms with Crippen molar-refractivity contribution in [3.05, 3.63) is 72.0 Å². The zero-order valence-electron chi connectivity index (χ0n) is 16.8. The molecule has 0 N–H and O–H groups in total. The number of sulfonamides is 1. The number of sulfone groups is 1. The normalized spacial score (nSPS) is 15.0. The highest BCUT2D eigenvalue weighted by atomic mass is 32.2. The first kappa shape index (κ1) is 21.8. The van der Waals surface area contributed by atoms with Gasteiger partial charge in [0.15, 0.2) is 21.4 Å². The van der Waals surface area contributed by atoms with Crippen LogP contribution in [0.15, 0.2) is 70.5 Å². The summed E-state index contributed by atoms with van der Waals surface area (Å²) in [4.78, 5) is -0.427. The smallest absolute Gasteiger partial charge is 0.264 e. The van der Waals surface area contributed by atoms with Crippen LogP contribution in [-0.2, 0) is 19.9 Å². The summed E-state index contributed by atoms with van der Waals surface area (Å²) in [6.07, 6.45) is 0. The number of fused-ring (bicyclic) bond motifs is 1. The van der Waals surface area contributed by atoms with E-state index in [1.807, 2.05) is 6.07 Å². The van der Waals surface area contributed by atoms with E-state index in [1.165, 1.54) is 31.4 Å². The van der Waals surface area contributed by atoms with E-state index in [2.05, 4.69) is 0 Å². The lowest BCUT2D eigenvalue weighted by molar-refractivity contribution is 0.385. The maximum Gasteiger partial charge on any atom is 0.264 e. The quantitative estimate of drug-likeness (QED) is 0.577. The number of halogens is 1. The first-order chi connectivity index (χ1) is 15.2. The standard InChI is InChI=1S/C22H17FN2O5S2/c1-30-21-8-7-18(13-19(21)23)32(28,29)25-10-11-31(26,27)22-9-6-17(12-20(22)25)16-4-2-15(14-24)3-5-16/h2-9,12-13H,10-11H2,1H3. The molecule has 0 saturated heterocycles. The number of methoxy groups -OCH3 is 1. The van der Waals surface area contributed by atoms with Gasteiger partial charge in [-0.2, -0.15) is 5.26 Å². The Labute approximate surface area is 185 Å². The molecule has 1 heterocycles. The van der Waals surface area contributed by atoms with Crippen molar-refractivity contribution >= 4 is 25.5 Å². The van der Waals surface area contributed by atoms with Crippen LogP contribution < -0.4 is 9.04 Å². The summed E-state index contributed by atoms with van der Waals surface area (Å²) in [5, 5.41) is 8.98. The van der Waals surface area contributed by atoms with Crippen molar-refractivity contribution in [2.75, 3.05) is 23.7 Å². The number of hydrogen-bond donors (Lipinski definition) is 0. The zero-order chi connectivity index (χ0) is 23.1. The molecule has 4 rings (SSSR count). The van der Waals surface area contributed by atoms with Gasteiger partial charge in [-0.15, -0.1) is 0 Å². The molecule has 10 heteroatoms. The first-order valence-corrected chi connectivity index (χ1v) is 12.5. The average Bonchev–Trinajstić information content (AvgIpc) is 2.78. The minimum absolute atomic E-state index is 0.00524. The van der Waals surface area contributed by atoms with Crippen molar-refractivity contribution in [1.82, 2.24) is 0 Å². The second-order valence-electron chi connectivity index (χ2n) is 7.06. The van der Waals surface area contributed by atoms with Gasteiger partial charge in [-0.3, -0.25) is 4.31 Å². The fraction of sp³-hybridized carbons (Fsp3) is 0.136. The molecule has 0 spiro atoms. The molecule has 0 aromatic heterocycles. The molecule has 0 radical (unpaired) electrons. The van der Waals surface area contributed by atoms with Crippen LogP contribution in [0.25, 0.3) is 11.1 Å². The molecule has 0 saturated carbocycles. The van der Waals surface area contributed by atoms with E-state index in [0.717, 1.165) is 10.4 Å². The Morgan fingerprint density at radius 2 is 1.72 bits per heavy atom. The van der Waals surface area contributed by atoms with Crippen LogP contribution in [-0.4, -0.2) is 36.2 Å². The number of nitriles is 1. The van der Waals surface area contributed by atoms with E-state index < -0.39 is 31.4 Å². The predicted octanol–water partition coefficient (Wildman–Crippen LogP) is 3.36. The molecular formula is C22H17FN2O5S2. The molecule has 0 aliphatic carbocycles. The minimum atomic E-state index is -4.25. The van der Waals surface area contributed by atoms with Crippen LogP contribution in [0.3, 0.4) is 0 Å². The molecule has 3 aromatic rings. The molecule has 0 amide bonds. The van der Waals surface area contributed by atoms with Gasteiger partial charge >= 0.3 is 0 Å². The third kappa shape index (κ3) is 3.70. The van der Waals surface area contributed by atoms with E-state index in [0.29, 0.717) is 16.7 Å². The SMILES string of the molecule is COc1ccc(S(=O)(=O)N2CCS(=O)(=O)c3ccc(-c4ccc(C#N)cc4)cc32)cc1F. The van der Waals surface area contributed by atoms with Gasteiger partial charge in [-0.25, -0.2) is 21.2 Å². The van der Waals surface area contributed by atoms with Crippen LogP contribution in [0, 0.1) is 17.1 Å². The Balaban J connectivity index is 1.85. The fourth-order valence-electron chi connectivity index (χ4n) is 3.51. The van der Waals surface area contributed by atoms with Crippen molar-refractivity contribution < 1.29 is 26.0 Å². The lowest BCUT2D eigenvalue weighted by Crippen LogP contribution is -2.39. The van der Waals surface area contributed by atoms with Crippen LogP contribution in [0.1, 0.15) is 5.56 Å². The van der Waals surface area contributed by atoms with Crippen LogP contribution in [0.5, 0.6) is 5.75 Å². The molecule has 0 atom stereocenters. The van der Waals surface area contributed by atoms with E-state index >= 15 is 0 Å². The zero-order valence-corrected chi connectivity index (χ0v) is 18.5. The topological polar surface area (TPSA) is 105 Å². The molecule has 0 bridgehead atoms. The number of anilines is 1. The maximum absolute atomic E-state index is 14.2. The highest BCUT2D eigenvalue weighted by Crippen LogP contribution is 2.38. The number of benzene rings is 3.